The van der Waals surface area contributed by atoms with Crippen LogP contribution in [0.2, 0.25) is 16.6 Å². The lowest BCUT2D eigenvalue weighted by Gasteiger charge is -2.42. The van der Waals surface area contributed by atoms with E-state index in [1.54, 1.807) is 0 Å². The van der Waals surface area contributed by atoms with Crippen LogP contribution in [0.15, 0.2) is 0 Å². The van der Waals surface area contributed by atoms with Gasteiger partial charge in [0.1, 0.15) is 0 Å². The maximum atomic E-state index is 9.88. The van der Waals surface area contributed by atoms with Gasteiger partial charge in [0.15, 0.2) is 8.32 Å². The van der Waals surface area contributed by atoms with Crippen molar-refractivity contribution in [1.29, 1.82) is 0 Å². The second-order valence-corrected chi connectivity index (χ2v) is 13.0. The second-order valence-electron chi connectivity index (χ2n) is 7.51. The first-order valence-electron chi connectivity index (χ1n) is 8.03. The molecule has 0 spiro atoms. The molecule has 0 aromatic carbocycles. The molecule has 19 heavy (non-hydrogen) atoms. The normalized spacial score (nSPS) is 28.9. The van der Waals surface area contributed by atoms with Crippen LogP contribution in [0.4, 0.5) is 0 Å². The molecule has 1 aliphatic rings. The molecular formula is C16H34O2Si. The molecule has 0 aromatic rings. The molecule has 1 saturated carbocycles. The average Bonchev–Trinajstić information content (AvgIpc) is 2.57. The molecule has 1 rings (SSSR count). The molecule has 0 aromatic heterocycles. The molecule has 0 heterocycles. The summed E-state index contributed by atoms with van der Waals surface area (Å²) >= 11 is 0. The van der Waals surface area contributed by atoms with E-state index in [1.165, 1.54) is 0 Å². The molecular weight excluding hydrogens is 252 g/mol. The first kappa shape index (κ1) is 17.2. The van der Waals surface area contributed by atoms with E-state index in [-0.39, 0.29) is 6.10 Å². The number of rotatable bonds is 6. The summed E-state index contributed by atoms with van der Waals surface area (Å²) < 4.78 is 6.62. The van der Waals surface area contributed by atoms with Gasteiger partial charge in [-0.15, -0.1) is 0 Å². The van der Waals surface area contributed by atoms with Crippen molar-refractivity contribution in [1.82, 2.24) is 0 Å². The predicted molar refractivity (Wildman–Crippen MR) is 84.9 cm³/mol. The molecule has 0 bridgehead atoms. The van der Waals surface area contributed by atoms with Crippen LogP contribution in [0, 0.1) is 11.8 Å². The maximum Gasteiger partial charge on any atom is 0.200 e. The Bertz CT molecular complexity index is 244. The highest BCUT2D eigenvalue weighted by molar-refractivity contribution is 6.77. The zero-order chi connectivity index (χ0) is 14.8. The molecule has 2 nitrogen and oxygen atoms in total. The predicted octanol–water partition coefficient (Wildman–Crippen LogP) is 4.59. The molecule has 1 N–H and O–H groups in total. The number of aliphatic hydroxyl groups excluding tert-OH is 1. The van der Waals surface area contributed by atoms with Crippen LogP contribution in [0.3, 0.4) is 0 Å². The van der Waals surface area contributed by atoms with Crippen LogP contribution in [0.5, 0.6) is 0 Å². The van der Waals surface area contributed by atoms with E-state index in [0.29, 0.717) is 28.5 Å². The SMILES string of the molecule is CC1CC(CO[Si](C(C)C)(C(C)C)C(C)C)CC1O. The third kappa shape index (κ3) is 3.62. The van der Waals surface area contributed by atoms with Crippen molar-refractivity contribution >= 4 is 8.32 Å². The van der Waals surface area contributed by atoms with Crippen LogP contribution < -0.4 is 0 Å². The Morgan fingerprint density at radius 1 is 1.00 bits per heavy atom. The minimum Gasteiger partial charge on any atom is -0.416 e. The van der Waals surface area contributed by atoms with Gasteiger partial charge in [0.25, 0.3) is 0 Å². The van der Waals surface area contributed by atoms with Gasteiger partial charge in [0, 0.05) is 6.61 Å². The molecule has 0 radical (unpaired) electrons. The molecule has 114 valence electrons. The lowest BCUT2D eigenvalue weighted by molar-refractivity contribution is 0.135. The van der Waals surface area contributed by atoms with Gasteiger partial charge in [0.2, 0.25) is 0 Å². The van der Waals surface area contributed by atoms with Crippen LogP contribution in [-0.4, -0.2) is 26.1 Å². The second kappa shape index (κ2) is 6.73. The van der Waals surface area contributed by atoms with Gasteiger partial charge in [-0.3, -0.25) is 0 Å². The third-order valence-electron chi connectivity index (χ3n) is 5.21. The Labute approximate surface area is 121 Å². The highest BCUT2D eigenvalue weighted by atomic mass is 28.4. The summed E-state index contributed by atoms with van der Waals surface area (Å²) in [6, 6.07) is 0. The van der Waals surface area contributed by atoms with E-state index in [9.17, 15) is 5.11 Å². The van der Waals surface area contributed by atoms with Crippen molar-refractivity contribution in [3.8, 4) is 0 Å². The van der Waals surface area contributed by atoms with E-state index in [0.717, 1.165) is 19.4 Å². The summed E-state index contributed by atoms with van der Waals surface area (Å²) in [7, 11) is -1.72. The third-order valence-corrected chi connectivity index (χ3v) is 11.3. The Morgan fingerprint density at radius 2 is 1.47 bits per heavy atom. The fraction of sp³-hybridized carbons (Fsp3) is 1.00. The lowest BCUT2D eigenvalue weighted by atomic mass is 10.1. The summed E-state index contributed by atoms with van der Waals surface area (Å²) in [4.78, 5) is 0. The highest BCUT2D eigenvalue weighted by Gasteiger charge is 2.45. The molecule has 0 amide bonds. The average molecular weight is 287 g/mol. The Morgan fingerprint density at radius 3 is 1.79 bits per heavy atom. The Kier molecular flexibility index (Phi) is 6.09. The van der Waals surface area contributed by atoms with Crippen molar-refractivity contribution < 1.29 is 9.53 Å². The van der Waals surface area contributed by atoms with Crippen LogP contribution >= 0.6 is 0 Å². The van der Waals surface area contributed by atoms with Crippen LogP contribution in [-0.2, 0) is 4.43 Å². The van der Waals surface area contributed by atoms with Crippen LogP contribution in [0.25, 0.3) is 0 Å². The fourth-order valence-electron chi connectivity index (χ4n) is 4.25. The number of aliphatic hydroxyl groups is 1. The standard InChI is InChI=1S/C16H34O2Si/c1-11(2)19(12(3)4,13(5)6)18-10-15-8-14(7)16(17)9-15/h11-17H,8-10H2,1-7H3. The maximum absolute atomic E-state index is 9.88. The number of hydrogen-bond acceptors (Lipinski definition) is 2. The van der Waals surface area contributed by atoms with Crippen molar-refractivity contribution in [2.45, 2.75) is 84.0 Å². The molecule has 1 aliphatic carbocycles. The summed E-state index contributed by atoms with van der Waals surface area (Å²) in [6.07, 6.45) is 1.95. The van der Waals surface area contributed by atoms with Crippen molar-refractivity contribution in [3.05, 3.63) is 0 Å². The molecule has 0 aliphatic heterocycles. The topological polar surface area (TPSA) is 29.5 Å². The largest absolute Gasteiger partial charge is 0.416 e. The van der Waals surface area contributed by atoms with Gasteiger partial charge in [-0.05, 0) is 41.3 Å². The summed E-state index contributed by atoms with van der Waals surface area (Å²) in [5, 5.41) is 9.88. The van der Waals surface area contributed by atoms with Gasteiger partial charge < -0.3 is 9.53 Å². The minimum absolute atomic E-state index is 0.109. The van der Waals surface area contributed by atoms with E-state index < -0.39 is 8.32 Å². The van der Waals surface area contributed by atoms with E-state index in [1.807, 2.05) is 0 Å². The van der Waals surface area contributed by atoms with Gasteiger partial charge in [0.05, 0.1) is 6.10 Å². The summed E-state index contributed by atoms with van der Waals surface area (Å²) in [5.41, 5.74) is 1.95. The fourth-order valence-corrected chi connectivity index (χ4v) is 9.78. The first-order chi connectivity index (χ1) is 8.71. The zero-order valence-electron chi connectivity index (χ0n) is 13.9. The smallest absolute Gasteiger partial charge is 0.200 e. The lowest BCUT2D eigenvalue weighted by Crippen LogP contribution is -2.48. The molecule has 3 heteroatoms. The van der Waals surface area contributed by atoms with Gasteiger partial charge in [-0.25, -0.2) is 0 Å². The zero-order valence-corrected chi connectivity index (χ0v) is 14.9. The highest BCUT2D eigenvalue weighted by Crippen LogP contribution is 2.43. The van der Waals surface area contributed by atoms with Gasteiger partial charge >= 0.3 is 0 Å². The Balaban J connectivity index is 2.69. The quantitative estimate of drug-likeness (QED) is 0.724. The molecule has 0 saturated heterocycles. The van der Waals surface area contributed by atoms with Crippen molar-refractivity contribution in [3.63, 3.8) is 0 Å². The van der Waals surface area contributed by atoms with E-state index in [4.69, 9.17) is 4.43 Å². The first-order valence-corrected chi connectivity index (χ1v) is 10.2. The van der Waals surface area contributed by atoms with Crippen LogP contribution in [0.1, 0.15) is 61.3 Å². The van der Waals surface area contributed by atoms with Crippen molar-refractivity contribution in [2.75, 3.05) is 6.61 Å². The van der Waals surface area contributed by atoms with Gasteiger partial charge in [-0.2, -0.15) is 0 Å². The van der Waals surface area contributed by atoms with Crippen molar-refractivity contribution in [2.24, 2.45) is 11.8 Å². The summed E-state index contributed by atoms with van der Waals surface area (Å²) in [5.74, 6) is 1.01. The summed E-state index contributed by atoms with van der Waals surface area (Å²) in [6.45, 7) is 17.0. The monoisotopic (exact) mass is 286 g/mol. The van der Waals surface area contributed by atoms with E-state index >= 15 is 0 Å². The molecule has 3 unspecified atom stereocenters. The molecule has 3 atom stereocenters. The van der Waals surface area contributed by atoms with E-state index in [2.05, 4.69) is 48.5 Å². The minimum atomic E-state index is -1.72. The van der Waals surface area contributed by atoms with Gasteiger partial charge in [-0.1, -0.05) is 48.5 Å². The Hall–Kier alpha value is 0.137. The molecule has 1 fully saturated rings. The number of hydrogen-bond donors (Lipinski definition) is 1.